The van der Waals surface area contributed by atoms with Gasteiger partial charge in [-0.15, -0.1) is 11.8 Å². The second kappa shape index (κ2) is 7.59. The highest BCUT2D eigenvalue weighted by atomic mass is 32.1. The zero-order valence-corrected chi connectivity index (χ0v) is 12.3. The van der Waals surface area contributed by atoms with E-state index >= 15 is 0 Å². The highest BCUT2D eigenvalue weighted by molar-refractivity contribution is 7.81. The van der Waals surface area contributed by atoms with Gasteiger partial charge in [0.05, 0.1) is 5.25 Å². The third-order valence-corrected chi connectivity index (χ3v) is 3.13. The third kappa shape index (κ3) is 4.76. The van der Waals surface area contributed by atoms with Crippen LogP contribution in [0.25, 0.3) is 0 Å². The molecule has 0 N–H and O–H groups in total. The summed E-state index contributed by atoms with van der Waals surface area (Å²) in [4.78, 5) is 11.5. The highest BCUT2D eigenvalue weighted by Crippen LogP contribution is 2.16. The van der Waals surface area contributed by atoms with Gasteiger partial charge in [0.15, 0.2) is 6.29 Å². The molecule has 0 amide bonds. The molecule has 0 aromatic rings. The number of carbonyl (C=O) groups is 1. The molecule has 5 heteroatoms. The lowest BCUT2D eigenvalue weighted by Crippen LogP contribution is -2.33. The lowest BCUT2D eigenvalue weighted by Gasteiger charge is -2.23. The average Bonchev–Trinajstić information content (AvgIpc) is 3.08. The Morgan fingerprint density at radius 1 is 1.20 bits per heavy atom. The number of thiol groups is 1. The molecule has 0 saturated heterocycles. The molecule has 2 aliphatic carbocycles. The molecule has 4 nitrogen and oxygen atoms in total. The fraction of sp³-hybridized carbons (Fsp3) is 0.667. The number of hydrogen-bond acceptors (Lipinski definition) is 5. The second-order valence-corrected chi connectivity index (χ2v) is 5.48. The van der Waals surface area contributed by atoms with Gasteiger partial charge in [-0.3, -0.25) is 4.79 Å². The van der Waals surface area contributed by atoms with Gasteiger partial charge < -0.3 is 14.2 Å². The Morgan fingerprint density at radius 2 is 1.75 bits per heavy atom. The summed E-state index contributed by atoms with van der Waals surface area (Å²) in [7, 11) is 0. The molecule has 108 valence electrons. The summed E-state index contributed by atoms with van der Waals surface area (Å²) in [5.41, 5.74) is 0. The van der Waals surface area contributed by atoms with Crippen molar-refractivity contribution in [3.8, 4) is 23.7 Å². The first-order valence-corrected chi connectivity index (χ1v) is 7.29. The van der Waals surface area contributed by atoms with Crippen LogP contribution in [0.2, 0.25) is 0 Å². The van der Waals surface area contributed by atoms with Crippen molar-refractivity contribution < 1.29 is 19.0 Å². The van der Waals surface area contributed by atoms with Gasteiger partial charge in [-0.1, -0.05) is 11.8 Å². The van der Waals surface area contributed by atoms with Crippen molar-refractivity contribution in [3.05, 3.63) is 0 Å². The number of rotatable bonds is 7. The van der Waals surface area contributed by atoms with Crippen LogP contribution >= 0.6 is 12.6 Å². The normalized spacial score (nSPS) is 26.1. The van der Waals surface area contributed by atoms with Gasteiger partial charge in [-0.2, -0.15) is 12.6 Å². The smallest absolute Gasteiger partial charge is 0.318 e. The molecule has 3 unspecified atom stereocenters. The van der Waals surface area contributed by atoms with Gasteiger partial charge >= 0.3 is 5.97 Å². The summed E-state index contributed by atoms with van der Waals surface area (Å²) in [5, 5.41) is -0.465. The molecular weight excluding hydrogens is 276 g/mol. The number of ether oxygens (including phenoxy) is 3. The maximum Gasteiger partial charge on any atom is 0.318 e. The Bertz CT molecular complexity index is 434. The van der Waals surface area contributed by atoms with Crippen LogP contribution in [0.1, 0.15) is 32.6 Å². The van der Waals surface area contributed by atoms with E-state index in [2.05, 4.69) is 36.3 Å². The monoisotopic (exact) mass is 294 g/mol. The van der Waals surface area contributed by atoms with Crippen molar-refractivity contribution in [1.29, 1.82) is 0 Å². The summed E-state index contributed by atoms with van der Waals surface area (Å²) in [6.07, 6.45) is 2.38. The minimum atomic E-state index is -0.624. The van der Waals surface area contributed by atoms with Gasteiger partial charge in [0.2, 0.25) is 0 Å². The molecule has 3 atom stereocenters. The molecule has 2 aliphatic rings. The quantitative estimate of drug-likeness (QED) is 0.335. The predicted octanol–water partition coefficient (Wildman–Crippen LogP) is 1.54. The van der Waals surface area contributed by atoms with Crippen LogP contribution in [0.4, 0.5) is 0 Å². The van der Waals surface area contributed by atoms with Crippen molar-refractivity contribution >= 4 is 18.6 Å². The Hall–Kier alpha value is -1.14. The van der Waals surface area contributed by atoms with Crippen molar-refractivity contribution in [2.75, 3.05) is 6.61 Å². The van der Waals surface area contributed by atoms with Gasteiger partial charge in [-0.05, 0) is 19.8 Å². The van der Waals surface area contributed by atoms with Gasteiger partial charge in [0, 0.05) is 12.8 Å². The van der Waals surface area contributed by atoms with Crippen LogP contribution in [0.5, 0.6) is 0 Å². The summed E-state index contributed by atoms with van der Waals surface area (Å²) >= 11 is 4.03. The molecule has 0 aliphatic heterocycles. The fourth-order valence-electron chi connectivity index (χ4n) is 1.87. The molecule has 20 heavy (non-hydrogen) atoms. The summed E-state index contributed by atoms with van der Waals surface area (Å²) in [6, 6.07) is 0. The predicted molar refractivity (Wildman–Crippen MR) is 77.0 cm³/mol. The van der Waals surface area contributed by atoms with E-state index in [9.17, 15) is 4.79 Å². The number of carbonyl (C=O) groups excluding carboxylic acids is 1. The van der Waals surface area contributed by atoms with E-state index in [1.165, 1.54) is 0 Å². The van der Waals surface area contributed by atoms with Crippen LogP contribution in [-0.2, 0) is 19.0 Å². The van der Waals surface area contributed by atoms with Gasteiger partial charge in [0.1, 0.15) is 18.8 Å². The Morgan fingerprint density at radius 3 is 2.15 bits per heavy atom. The van der Waals surface area contributed by atoms with E-state index in [0.717, 1.165) is 25.7 Å². The van der Waals surface area contributed by atoms with Crippen LogP contribution in [0.15, 0.2) is 0 Å². The SMILES string of the molecule is CC(S)C(=O)OCC(OC1C#CCC1)OC1C#CCC1. The molecule has 0 bridgehead atoms. The molecule has 0 heterocycles. The van der Waals surface area contributed by atoms with Crippen LogP contribution in [0, 0.1) is 23.7 Å². The van der Waals surface area contributed by atoms with Crippen molar-refractivity contribution in [3.63, 3.8) is 0 Å². The highest BCUT2D eigenvalue weighted by Gasteiger charge is 2.24. The van der Waals surface area contributed by atoms with Crippen molar-refractivity contribution in [1.82, 2.24) is 0 Å². The topological polar surface area (TPSA) is 44.8 Å². The molecule has 0 saturated carbocycles. The molecule has 0 aromatic heterocycles. The zero-order valence-electron chi connectivity index (χ0n) is 11.4. The summed E-state index contributed by atoms with van der Waals surface area (Å²) in [6.45, 7) is 1.70. The van der Waals surface area contributed by atoms with Gasteiger partial charge in [-0.25, -0.2) is 0 Å². The fourth-order valence-corrected chi connectivity index (χ4v) is 1.95. The van der Waals surface area contributed by atoms with E-state index in [-0.39, 0.29) is 24.8 Å². The largest absolute Gasteiger partial charge is 0.459 e. The van der Waals surface area contributed by atoms with E-state index in [0.29, 0.717) is 0 Å². The molecule has 0 spiro atoms. The Kier molecular flexibility index (Phi) is 5.79. The molecule has 0 fully saturated rings. The first-order chi connectivity index (χ1) is 9.65. The molecular formula is C15H18O4S. The van der Waals surface area contributed by atoms with E-state index in [1.807, 2.05) is 0 Å². The summed E-state index contributed by atoms with van der Waals surface area (Å²) in [5.74, 6) is 11.5. The number of esters is 1. The van der Waals surface area contributed by atoms with Gasteiger partial charge in [0.25, 0.3) is 0 Å². The lowest BCUT2D eigenvalue weighted by atomic mass is 10.3. The maximum absolute atomic E-state index is 11.5. The van der Waals surface area contributed by atoms with Crippen LogP contribution < -0.4 is 0 Å². The standard InChI is InChI=1S/C15H18O4S/c1-11(20)15(16)17-10-14(18-12-6-2-3-7-12)19-13-8-4-5-9-13/h11-14,20H,2,4,6,8,10H2,1H3. The zero-order chi connectivity index (χ0) is 14.4. The molecule has 2 rings (SSSR count). The van der Waals surface area contributed by atoms with Crippen LogP contribution in [-0.4, -0.2) is 36.3 Å². The second-order valence-electron chi connectivity index (χ2n) is 4.70. The first kappa shape index (κ1) is 15.3. The number of hydrogen-bond donors (Lipinski definition) is 1. The van der Waals surface area contributed by atoms with E-state index < -0.39 is 11.5 Å². The Balaban J connectivity index is 1.84. The van der Waals surface area contributed by atoms with Crippen molar-refractivity contribution in [2.45, 2.75) is 56.4 Å². The minimum Gasteiger partial charge on any atom is -0.459 e. The summed E-state index contributed by atoms with van der Waals surface area (Å²) < 4.78 is 16.6. The third-order valence-electron chi connectivity index (χ3n) is 2.92. The maximum atomic E-state index is 11.5. The van der Waals surface area contributed by atoms with Crippen LogP contribution in [0.3, 0.4) is 0 Å². The first-order valence-electron chi connectivity index (χ1n) is 6.77. The van der Waals surface area contributed by atoms with E-state index in [4.69, 9.17) is 14.2 Å². The molecule has 0 radical (unpaired) electrons. The minimum absolute atomic E-state index is 0.0418. The van der Waals surface area contributed by atoms with Crippen molar-refractivity contribution in [2.24, 2.45) is 0 Å². The average molecular weight is 294 g/mol. The molecule has 0 aromatic carbocycles. The van der Waals surface area contributed by atoms with E-state index in [1.54, 1.807) is 6.92 Å². The Labute approximate surface area is 124 Å². The lowest BCUT2D eigenvalue weighted by molar-refractivity contribution is -0.200.